The molecule has 3 heterocycles. The first-order valence-electron chi connectivity index (χ1n) is 10.2. The number of pyridine rings is 2. The van der Waals surface area contributed by atoms with Crippen LogP contribution in [0.1, 0.15) is 48.7 Å². The first-order chi connectivity index (χ1) is 14.1. The third-order valence-electron chi connectivity index (χ3n) is 5.55. The number of amides is 1. The number of hydrogen-bond donors (Lipinski definition) is 1. The fourth-order valence-electron chi connectivity index (χ4n) is 4.03. The normalized spacial score (nSPS) is 16.2. The molecule has 7 heteroatoms. The van der Waals surface area contributed by atoms with E-state index in [-0.39, 0.29) is 24.4 Å². The Kier molecular flexibility index (Phi) is 7.16. The number of anilines is 2. The number of rotatable bonds is 4. The lowest BCUT2D eigenvalue weighted by atomic mass is 9.98. The van der Waals surface area contributed by atoms with Crippen LogP contribution in [0.5, 0.6) is 0 Å². The number of nitrogens with one attached hydrogen (secondary N) is 1. The second-order valence-electron chi connectivity index (χ2n) is 7.56. The van der Waals surface area contributed by atoms with E-state index in [2.05, 4.69) is 22.2 Å². The van der Waals surface area contributed by atoms with Crippen molar-refractivity contribution in [1.29, 1.82) is 0 Å². The van der Waals surface area contributed by atoms with E-state index in [0.29, 0.717) is 16.2 Å². The summed E-state index contributed by atoms with van der Waals surface area (Å²) in [6.07, 6.45) is 5.90. The molecule has 3 aromatic rings. The average Bonchev–Trinajstić information content (AvgIpc) is 2.73. The van der Waals surface area contributed by atoms with E-state index in [1.54, 1.807) is 6.20 Å². The number of aromatic nitrogens is 2. The van der Waals surface area contributed by atoms with Crippen LogP contribution in [0.2, 0.25) is 5.02 Å². The Bertz CT molecular complexity index is 1060. The molecule has 1 unspecified atom stereocenters. The summed E-state index contributed by atoms with van der Waals surface area (Å²) in [6, 6.07) is 11.7. The molecule has 1 fully saturated rings. The summed E-state index contributed by atoms with van der Waals surface area (Å²) < 4.78 is 0. The van der Waals surface area contributed by atoms with E-state index in [0.717, 1.165) is 48.3 Å². The molecule has 0 aliphatic carbocycles. The lowest BCUT2D eigenvalue weighted by molar-refractivity contribution is 0.0609. The maximum absolute atomic E-state index is 13.6. The molecule has 1 N–H and O–H groups in total. The van der Waals surface area contributed by atoms with Crippen LogP contribution in [0.4, 0.5) is 11.4 Å². The van der Waals surface area contributed by atoms with Gasteiger partial charge in [-0.05, 0) is 62.9 Å². The van der Waals surface area contributed by atoms with E-state index in [9.17, 15) is 4.79 Å². The SMILES string of the molecule is CCC1CCCCN1C(=O)c1cnc2nc(C)ccc2c1Nc1cccc(Cl)c1.Cl. The highest BCUT2D eigenvalue weighted by Gasteiger charge is 2.28. The maximum Gasteiger partial charge on any atom is 0.257 e. The molecule has 158 valence electrons. The largest absolute Gasteiger partial charge is 0.354 e. The van der Waals surface area contributed by atoms with Gasteiger partial charge in [-0.25, -0.2) is 9.97 Å². The van der Waals surface area contributed by atoms with Gasteiger partial charge in [0.15, 0.2) is 5.65 Å². The molecule has 1 amide bonds. The van der Waals surface area contributed by atoms with Crippen LogP contribution < -0.4 is 5.32 Å². The smallest absolute Gasteiger partial charge is 0.257 e. The molecule has 0 radical (unpaired) electrons. The predicted octanol–water partition coefficient (Wildman–Crippen LogP) is 6.16. The Morgan fingerprint density at radius 3 is 2.87 bits per heavy atom. The van der Waals surface area contributed by atoms with Gasteiger partial charge in [0.25, 0.3) is 5.91 Å². The number of likely N-dealkylation sites (tertiary alicyclic amines) is 1. The molecule has 1 aromatic carbocycles. The summed E-state index contributed by atoms with van der Waals surface area (Å²) in [6.45, 7) is 4.87. The van der Waals surface area contributed by atoms with E-state index in [1.807, 2.05) is 48.2 Å². The van der Waals surface area contributed by atoms with Crippen molar-refractivity contribution in [2.24, 2.45) is 0 Å². The summed E-state index contributed by atoms with van der Waals surface area (Å²) in [7, 11) is 0. The average molecular weight is 445 g/mol. The zero-order valence-electron chi connectivity index (χ0n) is 17.2. The van der Waals surface area contributed by atoms with Crippen molar-refractivity contribution >= 4 is 52.3 Å². The summed E-state index contributed by atoms with van der Waals surface area (Å²) >= 11 is 6.17. The minimum Gasteiger partial charge on any atom is -0.354 e. The van der Waals surface area contributed by atoms with Crippen LogP contribution in [-0.2, 0) is 0 Å². The van der Waals surface area contributed by atoms with Crippen LogP contribution in [-0.4, -0.2) is 33.4 Å². The first-order valence-corrected chi connectivity index (χ1v) is 10.5. The molecule has 0 saturated carbocycles. The molecular weight excluding hydrogens is 419 g/mol. The topological polar surface area (TPSA) is 58.1 Å². The Morgan fingerprint density at radius 2 is 2.10 bits per heavy atom. The monoisotopic (exact) mass is 444 g/mol. The highest BCUT2D eigenvalue weighted by atomic mass is 35.5. The Labute approximate surface area is 188 Å². The van der Waals surface area contributed by atoms with Gasteiger partial charge >= 0.3 is 0 Å². The van der Waals surface area contributed by atoms with Gasteiger partial charge in [0.2, 0.25) is 0 Å². The third-order valence-corrected chi connectivity index (χ3v) is 5.79. The van der Waals surface area contributed by atoms with Crippen molar-refractivity contribution in [2.45, 2.75) is 45.6 Å². The Hall–Kier alpha value is -2.37. The Morgan fingerprint density at radius 1 is 1.27 bits per heavy atom. The standard InChI is InChI=1S/C23H25ClN4O.ClH/c1-3-18-9-4-5-12-28(18)23(29)20-14-25-22-19(11-10-15(2)26-22)21(20)27-17-8-6-7-16(24)13-17;/h6-8,10-11,13-14,18H,3-5,9,12H2,1-2H3,(H,25,26,27);1H. The molecule has 5 nitrogen and oxygen atoms in total. The van der Waals surface area contributed by atoms with Crippen LogP contribution >= 0.6 is 24.0 Å². The number of halogens is 2. The fourth-order valence-corrected chi connectivity index (χ4v) is 4.22. The lowest BCUT2D eigenvalue weighted by Gasteiger charge is -2.35. The van der Waals surface area contributed by atoms with Gasteiger partial charge in [-0.15, -0.1) is 12.4 Å². The first kappa shape index (κ1) is 22.3. The number of carbonyl (C=O) groups excluding carboxylic acids is 1. The Balaban J connectivity index is 0.00000256. The number of nitrogens with zero attached hydrogens (tertiary/aromatic N) is 3. The number of fused-ring (bicyclic) bond motifs is 1. The molecule has 1 aliphatic rings. The van der Waals surface area contributed by atoms with Gasteiger partial charge in [-0.1, -0.05) is 24.6 Å². The molecule has 0 bridgehead atoms. The minimum atomic E-state index is 0. The second-order valence-corrected chi connectivity index (χ2v) is 8.00. The number of aryl methyl sites for hydroxylation is 1. The molecular formula is C23H26Cl2N4O. The summed E-state index contributed by atoms with van der Waals surface area (Å²) in [5, 5.41) is 4.88. The summed E-state index contributed by atoms with van der Waals surface area (Å²) in [5.41, 5.74) is 3.64. The molecule has 1 aliphatic heterocycles. The van der Waals surface area contributed by atoms with E-state index in [1.165, 1.54) is 6.42 Å². The quantitative estimate of drug-likeness (QED) is 0.523. The molecule has 2 aromatic heterocycles. The summed E-state index contributed by atoms with van der Waals surface area (Å²) in [4.78, 5) is 24.6. The summed E-state index contributed by atoms with van der Waals surface area (Å²) in [5.74, 6) is 0.0241. The van der Waals surface area contributed by atoms with Gasteiger partial charge in [0.05, 0.1) is 11.3 Å². The van der Waals surface area contributed by atoms with Crippen molar-refractivity contribution < 1.29 is 4.79 Å². The van der Waals surface area contributed by atoms with Crippen molar-refractivity contribution in [1.82, 2.24) is 14.9 Å². The van der Waals surface area contributed by atoms with Crippen molar-refractivity contribution in [3.63, 3.8) is 0 Å². The highest BCUT2D eigenvalue weighted by Crippen LogP contribution is 2.32. The van der Waals surface area contributed by atoms with Gasteiger partial charge in [0, 0.05) is 40.6 Å². The van der Waals surface area contributed by atoms with Crippen molar-refractivity contribution in [3.8, 4) is 0 Å². The zero-order chi connectivity index (χ0) is 20.4. The van der Waals surface area contributed by atoms with Gasteiger partial charge < -0.3 is 10.2 Å². The minimum absolute atomic E-state index is 0. The number of carbonyl (C=O) groups is 1. The van der Waals surface area contributed by atoms with Crippen molar-refractivity contribution in [2.75, 3.05) is 11.9 Å². The number of piperidine rings is 1. The molecule has 1 saturated heterocycles. The third kappa shape index (κ3) is 4.52. The second kappa shape index (κ2) is 9.63. The molecule has 1 atom stereocenters. The van der Waals surface area contributed by atoms with E-state index in [4.69, 9.17) is 11.6 Å². The van der Waals surface area contributed by atoms with Crippen molar-refractivity contribution in [3.05, 3.63) is 58.9 Å². The zero-order valence-corrected chi connectivity index (χ0v) is 18.8. The van der Waals surface area contributed by atoms with Gasteiger partial charge in [-0.2, -0.15) is 0 Å². The van der Waals surface area contributed by atoms with Crippen LogP contribution in [0, 0.1) is 6.92 Å². The van der Waals surface area contributed by atoms with Crippen LogP contribution in [0.15, 0.2) is 42.6 Å². The van der Waals surface area contributed by atoms with Gasteiger partial charge in [0.1, 0.15) is 0 Å². The predicted molar refractivity (Wildman–Crippen MR) is 125 cm³/mol. The van der Waals surface area contributed by atoms with Crippen LogP contribution in [0.25, 0.3) is 11.0 Å². The highest BCUT2D eigenvalue weighted by molar-refractivity contribution is 6.30. The lowest BCUT2D eigenvalue weighted by Crippen LogP contribution is -2.43. The van der Waals surface area contributed by atoms with E-state index < -0.39 is 0 Å². The number of hydrogen-bond acceptors (Lipinski definition) is 4. The number of benzene rings is 1. The van der Waals surface area contributed by atoms with E-state index >= 15 is 0 Å². The fraction of sp³-hybridized carbons (Fsp3) is 0.348. The maximum atomic E-state index is 13.6. The molecule has 30 heavy (non-hydrogen) atoms. The van der Waals surface area contributed by atoms with Crippen LogP contribution in [0.3, 0.4) is 0 Å². The molecule has 0 spiro atoms. The van der Waals surface area contributed by atoms with Gasteiger partial charge in [-0.3, -0.25) is 4.79 Å². The molecule has 4 rings (SSSR count).